The van der Waals surface area contributed by atoms with Gasteiger partial charge >= 0.3 is 5.97 Å². The Balaban J connectivity index is 1.89. The van der Waals surface area contributed by atoms with Gasteiger partial charge in [0.25, 0.3) is 0 Å². The van der Waals surface area contributed by atoms with Gasteiger partial charge < -0.3 is 10.4 Å². The largest absolute Gasteiger partial charge is 0.481 e. The summed E-state index contributed by atoms with van der Waals surface area (Å²) in [6.45, 7) is 4.18. The maximum Gasteiger partial charge on any atom is 0.311 e. The van der Waals surface area contributed by atoms with E-state index in [4.69, 9.17) is 0 Å². The molecular formula is C19H27NO3. The van der Waals surface area contributed by atoms with Crippen LogP contribution in [0.1, 0.15) is 50.2 Å². The predicted molar refractivity (Wildman–Crippen MR) is 90.2 cm³/mol. The molecule has 1 atom stereocenters. The Kier molecular flexibility index (Phi) is 5.80. The smallest absolute Gasteiger partial charge is 0.311 e. The van der Waals surface area contributed by atoms with E-state index in [0.717, 1.165) is 24.8 Å². The van der Waals surface area contributed by atoms with Crippen LogP contribution in [0.4, 0.5) is 0 Å². The van der Waals surface area contributed by atoms with Crippen molar-refractivity contribution in [1.82, 2.24) is 5.32 Å². The summed E-state index contributed by atoms with van der Waals surface area (Å²) in [6.07, 6.45) is 4.95. The van der Waals surface area contributed by atoms with Gasteiger partial charge in [0.15, 0.2) is 0 Å². The first-order valence-electron chi connectivity index (χ1n) is 8.50. The molecule has 0 aromatic heterocycles. The molecule has 1 fully saturated rings. The van der Waals surface area contributed by atoms with E-state index in [2.05, 4.69) is 5.32 Å². The number of carboxylic acids is 1. The first kappa shape index (κ1) is 17.5. The molecule has 1 amide bonds. The van der Waals surface area contributed by atoms with E-state index >= 15 is 0 Å². The number of carbonyl (C=O) groups is 2. The zero-order chi connectivity index (χ0) is 16.9. The normalized spacial score (nSPS) is 18.2. The number of carbonyl (C=O) groups excluding carboxylic acids is 1. The number of hydrogen-bond donors (Lipinski definition) is 2. The highest BCUT2D eigenvalue weighted by molar-refractivity contribution is 5.80. The topological polar surface area (TPSA) is 66.4 Å². The van der Waals surface area contributed by atoms with Gasteiger partial charge in [-0.15, -0.1) is 0 Å². The minimum absolute atomic E-state index is 0.0585. The third-order valence-electron chi connectivity index (χ3n) is 4.98. The van der Waals surface area contributed by atoms with Gasteiger partial charge in [0.05, 0.1) is 5.41 Å². The fraction of sp³-hybridized carbons (Fsp3) is 0.579. The van der Waals surface area contributed by atoms with E-state index in [1.807, 2.05) is 38.1 Å². The van der Waals surface area contributed by atoms with Crippen molar-refractivity contribution in [3.8, 4) is 0 Å². The van der Waals surface area contributed by atoms with Crippen molar-refractivity contribution >= 4 is 11.9 Å². The first-order chi connectivity index (χ1) is 10.9. The average molecular weight is 317 g/mol. The molecule has 0 bridgehead atoms. The summed E-state index contributed by atoms with van der Waals surface area (Å²) in [5.74, 6) is -0.993. The lowest BCUT2D eigenvalue weighted by Crippen LogP contribution is -2.45. The second-order valence-electron chi connectivity index (χ2n) is 6.95. The van der Waals surface area contributed by atoms with Crippen LogP contribution in [-0.4, -0.2) is 23.5 Å². The molecule has 1 unspecified atom stereocenters. The average Bonchev–Trinajstić information content (AvgIpc) is 2.55. The maximum atomic E-state index is 12.3. The minimum atomic E-state index is -0.774. The fourth-order valence-corrected chi connectivity index (χ4v) is 3.30. The standard InChI is InChI=1S/C19H27NO3/c1-14-6-8-16(9-7-14)12-15(2)17(21)20-13-19(18(22)23)10-4-3-5-11-19/h6-9,15H,3-5,10-13H2,1-2H3,(H,20,21)(H,22,23). The second kappa shape index (κ2) is 7.62. The Hall–Kier alpha value is -1.84. The maximum absolute atomic E-state index is 12.3. The number of hydrogen-bond acceptors (Lipinski definition) is 2. The molecule has 0 aliphatic heterocycles. The Morgan fingerprint density at radius 2 is 1.78 bits per heavy atom. The summed E-state index contributed by atoms with van der Waals surface area (Å²) < 4.78 is 0. The van der Waals surface area contributed by atoms with Gasteiger partial charge in [0.2, 0.25) is 5.91 Å². The quantitative estimate of drug-likeness (QED) is 0.846. The van der Waals surface area contributed by atoms with E-state index in [1.54, 1.807) is 0 Å². The van der Waals surface area contributed by atoms with Crippen LogP contribution in [-0.2, 0) is 16.0 Å². The van der Waals surface area contributed by atoms with Gasteiger partial charge in [-0.05, 0) is 31.7 Å². The molecule has 4 nitrogen and oxygen atoms in total. The third kappa shape index (κ3) is 4.57. The molecule has 1 aromatic carbocycles. The molecular weight excluding hydrogens is 290 g/mol. The minimum Gasteiger partial charge on any atom is -0.481 e. The number of amides is 1. The Morgan fingerprint density at radius 3 is 2.35 bits per heavy atom. The van der Waals surface area contributed by atoms with Crippen molar-refractivity contribution in [2.75, 3.05) is 6.54 Å². The van der Waals surface area contributed by atoms with Crippen molar-refractivity contribution < 1.29 is 14.7 Å². The lowest BCUT2D eigenvalue weighted by Gasteiger charge is -2.33. The van der Waals surface area contributed by atoms with Crippen LogP contribution in [0.15, 0.2) is 24.3 Å². The lowest BCUT2D eigenvalue weighted by molar-refractivity contribution is -0.151. The molecule has 0 saturated heterocycles. The van der Waals surface area contributed by atoms with Crippen LogP contribution >= 0.6 is 0 Å². The number of aryl methyl sites for hydroxylation is 1. The van der Waals surface area contributed by atoms with Crippen molar-refractivity contribution in [1.29, 1.82) is 0 Å². The van der Waals surface area contributed by atoms with Gasteiger partial charge in [0.1, 0.15) is 0 Å². The molecule has 1 saturated carbocycles. The fourth-order valence-electron chi connectivity index (χ4n) is 3.30. The summed E-state index contributed by atoms with van der Waals surface area (Å²) in [5, 5.41) is 12.4. The van der Waals surface area contributed by atoms with Crippen molar-refractivity contribution in [2.45, 2.75) is 52.4 Å². The highest BCUT2D eigenvalue weighted by Crippen LogP contribution is 2.36. The Labute approximate surface area is 138 Å². The Bertz CT molecular complexity index is 544. The van der Waals surface area contributed by atoms with Crippen molar-refractivity contribution in [3.05, 3.63) is 35.4 Å². The Morgan fingerprint density at radius 1 is 1.17 bits per heavy atom. The highest BCUT2D eigenvalue weighted by atomic mass is 16.4. The molecule has 1 aliphatic rings. The molecule has 126 valence electrons. The number of aliphatic carboxylic acids is 1. The molecule has 2 rings (SSSR count). The van der Waals surface area contributed by atoms with Crippen LogP contribution in [0, 0.1) is 18.3 Å². The first-order valence-corrected chi connectivity index (χ1v) is 8.50. The number of benzene rings is 1. The van der Waals surface area contributed by atoms with Crippen molar-refractivity contribution in [3.63, 3.8) is 0 Å². The molecule has 0 spiro atoms. The van der Waals surface area contributed by atoms with Crippen LogP contribution in [0.2, 0.25) is 0 Å². The van der Waals surface area contributed by atoms with Gasteiger partial charge in [-0.1, -0.05) is 56.0 Å². The van der Waals surface area contributed by atoms with Gasteiger partial charge in [-0.25, -0.2) is 0 Å². The van der Waals surface area contributed by atoms with E-state index in [-0.39, 0.29) is 18.4 Å². The second-order valence-corrected chi connectivity index (χ2v) is 6.95. The number of carboxylic acid groups (broad SMARTS) is 1. The molecule has 0 heterocycles. The molecule has 1 aliphatic carbocycles. The third-order valence-corrected chi connectivity index (χ3v) is 4.98. The van der Waals surface area contributed by atoms with E-state index in [9.17, 15) is 14.7 Å². The van der Waals surface area contributed by atoms with Crippen LogP contribution in [0.25, 0.3) is 0 Å². The summed E-state index contributed by atoms with van der Waals surface area (Å²) in [7, 11) is 0. The molecule has 2 N–H and O–H groups in total. The zero-order valence-electron chi connectivity index (χ0n) is 14.1. The van der Waals surface area contributed by atoms with E-state index < -0.39 is 11.4 Å². The van der Waals surface area contributed by atoms with Crippen LogP contribution < -0.4 is 5.32 Å². The van der Waals surface area contributed by atoms with E-state index in [1.165, 1.54) is 5.56 Å². The summed E-state index contributed by atoms with van der Waals surface area (Å²) in [4.78, 5) is 23.9. The zero-order valence-corrected chi connectivity index (χ0v) is 14.1. The predicted octanol–water partition coefficient (Wildman–Crippen LogP) is 3.32. The molecule has 1 aromatic rings. The lowest BCUT2D eigenvalue weighted by atomic mass is 9.74. The molecule has 0 radical (unpaired) electrons. The number of nitrogens with one attached hydrogen (secondary N) is 1. The SMILES string of the molecule is Cc1ccc(CC(C)C(=O)NCC2(C(=O)O)CCCCC2)cc1. The van der Waals surface area contributed by atoms with E-state index in [0.29, 0.717) is 19.3 Å². The molecule has 4 heteroatoms. The number of rotatable bonds is 6. The monoisotopic (exact) mass is 317 g/mol. The van der Waals surface area contributed by atoms with Crippen LogP contribution in [0.5, 0.6) is 0 Å². The molecule has 23 heavy (non-hydrogen) atoms. The highest BCUT2D eigenvalue weighted by Gasteiger charge is 2.39. The van der Waals surface area contributed by atoms with Gasteiger partial charge in [-0.2, -0.15) is 0 Å². The van der Waals surface area contributed by atoms with Gasteiger partial charge in [-0.3, -0.25) is 9.59 Å². The summed E-state index contributed by atoms with van der Waals surface area (Å²) >= 11 is 0. The van der Waals surface area contributed by atoms with Crippen molar-refractivity contribution in [2.24, 2.45) is 11.3 Å². The summed E-state index contributed by atoms with van der Waals surface area (Å²) in [6, 6.07) is 8.17. The summed E-state index contributed by atoms with van der Waals surface area (Å²) in [5.41, 5.74) is 1.56. The van der Waals surface area contributed by atoms with Gasteiger partial charge in [0, 0.05) is 12.5 Å². The van der Waals surface area contributed by atoms with Crippen LogP contribution in [0.3, 0.4) is 0 Å².